The monoisotopic (exact) mass is 354 g/mol. The lowest BCUT2D eigenvalue weighted by molar-refractivity contribution is 0.104. The van der Waals surface area contributed by atoms with Crippen LogP contribution < -0.4 is 5.32 Å². The molecule has 2 unspecified atom stereocenters. The summed E-state index contributed by atoms with van der Waals surface area (Å²) in [4.78, 5) is 20.9. The van der Waals surface area contributed by atoms with E-state index < -0.39 is 0 Å². The Morgan fingerprint density at radius 2 is 2.15 bits per heavy atom. The number of nitrogens with one attached hydrogen (secondary N) is 1. The maximum absolute atomic E-state index is 12.7. The number of carbonyl (C=O) groups is 1. The normalized spacial score (nSPS) is 22.7. The Morgan fingerprint density at radius 3 is 2.85 bits per heavy atom. The third-order valence-corrected chi connectivity index (χ3v) is 5.70. The van der Waals surface area contributed by atoms with Crippen molar-refractivity contribution in [3.63, 3.8) is 0 Å². The number of carbonyl (C=O) groups excluding carboxylic acids is 1. The van der Waals surface area contributed by atoms with Gasteiger partial charge in [-0.3, -0.25) is 4.90 Å². The summed E-state index contributed by atoms with van der Waals surface area (Å²) in [5, 5.41) is 3.16. The van der Waals surface area contributed by atoms with Gasteiger partial charge in [0.2, 0.25) is 0 Å². The van der Waals surface area contributed by atoms with Crippen LogP contribution in [0.1, 0.15) is 35.6 Å². The van der Waals surface area contributed by atoms with E-state index in [9.17, 15) is 4.79 Å². The Bertz CT molecular complexity index is 797. The standard InChI is InChI=1S/C20H26N4O2/c1-13-18-7-5-4-6-15(18)8-19(13)23(3)20(25)22-16-10-24(11-16)12-17-9-21-14(2)26-17/h4-7,9,13,16,19H,8,10-12H2,1-3H3,(H,22,25). The van der Waals surface area contributed by atoms with Crippen LogP contribution in [-0.2, 0) is 13.0 Å². The van der Waals surface area contributed by atoms with Gasteiger partial charge in [-0.15, -0.1) is 0 Å². The molecule has 2 amide bonds. The minimum absolute atomic E-state index is 0.0230. The van der Waals surface area contributed by atoms with Crippen LogP contribution in [0.15, 0.2) is 34.9 Å². The van der Waals surface area contributed by atoms with Crippen molar-refractivity contribution >= 4 is 6.03 Å². The summed E-state index contributed by atoms with van der Waals surface area (Å²) in [5.41, 5.74) is 2.73. The molecule has 1 aromatic carbocycles. The van der Waals surface area contributed by atoms with Gasteiger partial charge in [-0.05, 0) is 17.5 Å². The molecule has 1 fully saturated rings. The molecule has 0 spiro atoms. The third kappa shape index (κ3) is 3.21. The second-order valence-electron chi connectivity index (χ2n) is 7.56. The molecule has 1 saturated heterocycles. The van der Waals surface area contributed by atoms with Gasteiger partial charge in [-0.25, -0.2) is 9.78 Å². The minimum atomic E-state index is 0.0230. The maximum atomic E-state index is 12.7. The summed E-state index contributed by atoms with van der Waals surface area (Å²) in [5.74, 6) is 1.94. The lowest BCUT2D eigenvalue weighted by Crippen LogP contribution is -2.61. The smallest absolute Gasteiger partial charge is 0.317 e. The number of fused-ring (bicyclic) bond motifs is 1. The molecule has 2 aromatic rings. The minimum Gasteiger partial charge on any atom is -0.445 e. The summed E-state index contributed by atoms with van der Waals surface area (Å²) in [6.07, 6.45) is 2.71. The van der Waals surface area contributed by atoms with Gasteiger partial charge in [0.05, 0.1) is 18.8 Å². The topological polar surface area (TPSA) is 61.6 Å². The number of aromatic nitrogens is 1. The van der Waals surface area contributed by atoms with E-state index in [1.165, 1.54) is 11.1 Å². The van der Waals surface area contributed by atoms with Gasteiger partial charge in [0.15, 0.2) is 5.89 Å². The Kier molecular flexibility index (Phi) is 4.44. The number of likely N-dealkylation sites (N-methyl/N-ethyl adjacent to an activating group) is 1. The van der Waals surface area contributed by atoms with Gasteiger partial charge in [0.25, 0.3) is 0 Å². The summed E-state index contributed by atoms with van der Waals surface area (Å²) in [6.45, 7) is 6.50. The van der Waals surface area contributed by atoms with E-state index in [0.29, 0.717) is 11.8 Å². The van der Waals surface area contributed by atoms with Crippen molar-refractivity contribution < 1.29 is 9.21 Å². The number of hydrogen-bond donors (Lipinski definition) is 1. The van der Waals surface area contributed by atoms with Gasteiger partial charge < -0.3 is 14.6 Å². The Labute approximate surface area is 154 Å². The Morgan fingerprint density at radius 1 is 1.38 bits per heavy atom. The van der Waals surface area contributed by atoms with Crippen LogP contribution in [0.25, 0.3) is 0 Å². The van der Waals surface area contributed by atoms with Crippen molar-refractivity contribution in [1.29, 1.82) is 0 Å². The van der Waals surface area contributed by atoms with Gasteiger partial charge in [0, 0.05) is 39.0 Å². The van der Waals surface area contributed by atoms with Crippen molar-refractivity contribution in [2.24, 2.45) is 0 Å². The van der Waals surface area contributed by atoms with E-state index in [0.717, 1.165) is 31.8 Å². The first-order valence-corrected chi connectivity index (χ1v) is 9.26. The van der Waals surface area contributed by atoms with E-state index in [1.54, 1.807) is 6.20 Å². The van der Waals surface area contributed by atoms with Gasteiger partial charge in [-0.1, -0.05) is 31.2 Å². The Hall–Kier alpha value is -2.34. The molecular formula is C20H26N4O2. The molecule has 2 atom stereocenters. The summed E-state index contributed by atoms with van der Waals surface area (Å²) < 4.78 is 5.51. The molecule has 1 N–H and O–H groups in total. The molecule has 138 valence electrons. The molecule has 0 radical (unpaired) electrons. The number of urea groups is 1. The molecule has 0 saturated carbocycles. The van der Waals surface area contributed by atoms with Crippen LogP contribution in [0.3, 0.4) is 0 Å². The average molecular weight is 354 g/mol. The number of nitrogens with zero attached hydrogens (tertiary/aromatic N) is 3. The average Bonchev–Trinajstić information content (AvgIpc) is 3.16. The molecular weight excluding hydrogens is 328 g/mol. The molecule has 6 heteroatoms. The zero-order valence-electron chi connectivity index (χ0n) is 15.6. The lowest BCUT2D eigenvalue weighted by Gasteiger charge is -2.40. The highest BCUT2D eigenvalue weighted by molar-refractivity contribution is 5.75. The predicted molar refractivity (Wildman–Crippen MR) is 98.9 cm³/mol. The van der Waals surface area contributed by atoms with Crippen LogP contribution in [0.5, 0.6) is 0 Å². The van der Waals surface area contributed by atoms with E-state index in [4.69, 9.17) is 4.42 Å². The molecule has 1 aromatic heterocycles. The van der Waals surface area contributed by atoms with Gasteiger partial charge in [0.1, 0.15) is 5.76 Å². The number of amides is 2. The zero-order chi connectivity index (χ0) is 18.3. The summed E-state index contributed by atoms with van der Waals surface area (Å²) in [6, 6.07) is 8.96. The van der Waals surface area contributed by atoms with Crippen LogP contribution in [0, 0.1) is 6.92 Å². The first kappa shape index (κ1) is 17.1. The third-order valence-electron chi connectivity index (χ3n) is 5.70. The van der Waals surface area contributed by atoms with E-state index >= 15 is 0 Å². The highest BCUT2D eigenvalue weighted by Gasteiger charge is 2.35. The zero-order valence-corrected chi connectivity index (χ0v) is 15.6. The summed E-state index contributed by atoms with van der Waals surface area (Å²) in [7, 11) is 1.91. The maximum Gasteiger partial charge on any atom is 0.317 e. The fourth-order valence-corrected chi connectivity index (χ4v) is 4.16. The Balaban J connectivity index is 1.27. The fourth-order valence-electron chi connectivity index (χ4n) is 4.16. The predicted octanol–water partition coefficient (Wildman–Crippen LogP) is 2.54. The second-order valence-corrected chi connectivity index (χ2v) is 7.56. The first-order chi connectivity index (χ1) is 12.5. The first-order valence-electron chi connectivity index (χ1n) is 9.26. The van der Waals surface area contributed by atoms with E-state index in [1.807, 2.05) is 18.9 Å². The number of hydrogen-bond acceptors (Lipinski definition) is 4. The highest BCUT2D eigenvalue weighted by Crippen LogP contribution is 2.35. The van der Waals surface area contributed by atoms with E-state index in [2.05, 4.69) is 46.4 Å². The van der Waals surface area contributed by atoms with Crippen molar-refractivity contribution in [3.8, 4) is 0 Å². The van der Waals surface area contributed by atoms with E-state index in [-0.39, 0.29) is 18.1 Å². The van der Waals surface area contributed by atoms with Gasteiger partial charge in [-0.2, -0.15) is 0 Å². The van der Waals surface area contributed by atoms with Crippen LogP contribution >= 0.6 is 0 Å². The van der Waals surface area contributed by atoms with Gasteiger partial charge >= 0.3 is 6.03 Å². The summed E-state index contributed by atoms with van der Waals surface area (Å²) >= 11 is 0. The molecule has 2 aliphatic rings. The van der Waals surface area contributed by atoms with Crippen molar-refractivity contribution in [2.75, 3.05) is 20.1 Å². The molecule has 1 aliphatic carbocycles. The SMILES string of the molecule is Cc1ncc(CN2CC(NC(=O)N(C)C3Cc4ccccc4C3C)C2)o1. The quantitative estimate of drug-likeness (QED) is 0.917. The molecule has 6 nitrogen and oxygen atoms in total. The van der Waals surface area contributed by atoms with Crippen LogP contribution in [0.2, 0.25) is 0 Å². The lowest BCUT2D eigenvalue weighted by atomic mass is 10.00. The molecule has 26 heavy (non-hydrogen) atoms. The van der Waals surface area contributed by atoms with Crippen LogP contribution in [-0.4, -0.2) is 53.0 Å². The van der Waals surface area contributed by atoms with Crippen molar-refractivity contribution in [3.05, 3.63) is 53.2 Å². The number of likely N-dealkylation sites (tertiary alicyclic amines) is 1. The molecule has 4 rings (SSSR count). The number of aryl methyl sites for hydroxylation is 1. The largest absolute Gasteiger partial charge is 0.445 e. The number of rotatable bonds is 4. The molecule has 2 heterocycles. The van der Waals surface area contributed by atoms with Crippen molar-refractivity contribution in [2.45, 2.75) is 44.8 Å². The molecule has 0 bridgehead atoms. The fraction of sp³-hybridized carbons (Fsp3) is 0.500. The van der Waals surface area contributed by atoms with Crippen molar-refractivity contribution in [1.82, 2.24) is 20.1 Å². The molecule has 1 aliphatic heterocycles. The number of benzene rings is 1. The van der Waals surface area contributed by atoms with Crippen LogP contribution in [0.4, 0.5) is 4.79 Å². The highest BCUT2D eigenvalue weighted by atomic mass is 16.4. The number of oxazole rings is 1. The second kappa shape index (κ2) is 6.76.